The number of H-pyrrole nitrogens is 1. The molecule has 0 bridgehead atoms. The Bertz CT molecular complexity index is 454. The van der Waals surface area contributed by atoms with Gasteiger partial charge in [0.1, 0.15) is 0 Å². The minimum Gasteiger partial charge on any atom is -0.378 e. The molecule has 1 aromatic carbocycles. The molecule has 4 heteroatoms. The van der Waals surface area contributed by atoms with E-state index in [4.69, 9.17) is 0 Å². The standard InChI is InChI=1S/C12H14BrN3/c1-8-5-9(2)12(11(13)6-8)14-7-10-3-4-15-16-10/h3-6,14H,7H2,1-2H3,(H,15,16). The molecule has 0 atom stereocenters. The number of halogens is 1. The van der Waals surface area contributed by atoms with E-state index >= 15 is 0 Å². The zero-order valence-electron chi connectivity index (χ0n) is 9.34. The number of aryl methyl sites for hydroxylation is 2. The van der Waals surface area contributed by atoms with Gasteiger partial charge in [-0.25, -0.2) is 0 Å². The molecule has 84 valence electrons. The highest BCUT2D eigenvalue weighted by Crippen LogP contribution is 2.27. The number of hydrogen-bond acceptors (Lipinski definition) is 2. The number of anilines is 1. The van der Waals surface area contributed by atoms with Crippen molar-refractivity contribution < 1.29 is 0 Å². The number of aromatic amines is 1. The van der Waals surface area contributed by atoms with E-state index in [0.29, 0.717) is 0 Å². The molecule has 16 heavy (non-hydrogen) atoms. The van der Waals surface area contributed by atoms with Crippen molar-refractivity contribution in [3.8, 4) is 0 Å². The molecule has 0 aliphatic heterocycles. The van der Waals surface area contributed by atoms with Crippen LogP contribution in [-0.4, -0.2) is 10.2 Å². The van der Waals surface area contributed by atoms with Gasteiger partial charge in [0.2, 0.25) is 0 Å². The summed E-state index contributed by atoms with van der Waals surface area (Å²) in [5, 5.41) is 10.2. The normalized spacial score (nSPS) is 10.4. The van der Waals surface area contributed by atoms with Crippen LogP contribution in [0.25, 0.3) is 0 Å². The number of nitrogens with zero attached hydrogens (tertiary/aromatic N) is 1. The molecular weight excluding hydrogens is 266 g/mol. The number of hydrogen-bond donors (Lipinski definition) is 2. The van der Waals surface area contributed by atoms with Crippen molar-refractivity contribution in [1.82, 2.24) is 10.2 Å². The third-order valence-corrected chi connectivity index (χ3v) is 3.07. The molecule has 1 heterocycles. The highest BCUT2D eigenvalue weighted by atomic mass is 79.9. The van der Waals surface area contributed by atoms with Crippen molar-refractivity contribution in [3.05, 3.63) is 45.7 Å². The Labute approximate surface area is 103 Å². The highest BCUT2D eigenvalue weighted by Gasteiger charge is 2.04. The summed E-state index contributed by atoms with van der Waals surface area (Å²) in [4.78, 5) is 0. The van der Waals surface area contributed by atoms with E-state index in [1.54, 1.807) is 6.20 Å². The predicted molar refractivity (Wildman–Crippen MR) is 69.5 cm³/mol. The van der Waals surface area contributed by atoms with Crippen LogP contribution < -0.4 is 5.32 Å². The van der Waals surface area contributed by atoms with E-state index in [-0.39, 0.29) is 0 Å². The van der Waals surface area contributed by atoms with Crippen molar-refractivity contribution in [1.29, 1.82) is 0 Å². The van der Waals surface area contributed by atoms with Crippen molar-refractivity contribution in [2.75, 3.05) is 5.32 Å². The van der Waals surface area contributed by atoms with Gasteiger partial charge in [-0.2, -0.15) is 5.10 Å². The number of benzene rings is 1. The lowest BCUT2D eigenvalue weighted by molar-refractivity contribution is 0.979. The lowest BCUT2D eigenvalue weighted by atomic mass is 10.1. The molecule has 0 fully saturated rings. The first-order valence-corrected chi connectivity index (χ1v) is 5.95. The van der Waals surface area contributed by atoms with Gasteiger partial charge in [-0.3, -0.25) is 5.10 Å². The first-order chi connectivity index (χ1) is 7.66. The lowest BCUT2D eigenvalue weighted by Crippen LogP contribution is -2.02. The van der Waals surface area contributed by atoms with Gasteiger partial charge in [0.25, 0.3) is 0 Å². The molecule has 1 aromatic heterocycles. The van der Waals surface area contributed by atoms with Crippen LogP contribution in [0.4, 0.5) is 5.69 Å². The number of nitrogens with one attached hydrogen (secondary N) is 2. The van der Waals surface area contributed by atoms with E-state index in [0.717, 1.165) is 22.4 Å². The first-order valence-electron chi connectivity index (χ1n) is 5.15. The quantitative estimate of drug-likeness (QED) is 0.904. The third-order valence-electron chi connectivity index (χ3n) is 2.45. The summed E-state index contributed by atoms with van der Waals surface area (Å²) < 4.78 is 1.10. The number of rotatable bonds is 3. The van der Waals surface area contributed by atoms with Gasteiger partial charge in [0, 0.05) is 10.7 Å². The Hall–Kier alpha value is -1.29. The maximum Gasteiger partial charge on any atom is 0.0568 e. The minimum atomic E-state index is 0.752. The SMILES string of the molecule is Cc1cc(C)c(NCc2ccn[nH]2)c(Br)c1. The van der Waals surface area contributed by atoms with Crippen LogP contribution in [0.3, 0.4) is 0 Å². The second-order valence-corrected chi connectivity index (χ2v) is 4.73. The molecule has 0 amide bonds. The minimum absolute atomic E-state index is 0.752. The molecule has 0 aliphatic carbocycles. The maximum absolute atomic E-state index is 3.92. The maximum atomic E-state index is 3.92. The van der Waals surface area contributed by atoms with E-state index in [1.165, 1.54) is 11.1 Å². The first kappa shape index (κ1) is 11.2. The van der Waals surface area contributed by atoms with Crippen molar-refractivity contribution in [2.45, 2.75) is 20.4 Å². The Morgan fingerprint density at radius 2 is 2.19 bits per heavy atom. The van der Waals surface area contributed by atoms with Crippen LogP contribution in [0.1, 0.15) is 16.8 Å². The van der Waals surface area contributed by atoms with Crippen LogP contribution in [0.15, 0.2) is 28.9 Å². The molecule has 3 nitrogen and oxygen atoms in total. The van der Waals surface area contributed by atoms with Gasteiger partial charge < -0.3 is 5.32 Å². The topological polar surface area (TPSA) is 40.7 Å². The van der Waals surface area contributed by atoms with E-state index < -0.39 is 0 Å². The summed E-state index contributed by atoms with van der Waals surface area (Å²) in [7, 11) is 0. The molecular formula is C12H14BrN3. The summed E-state index contributed by atoms with van der Waals surface area (Å²) in [5.74, 6) is 0. The van der Waals surface area contributed by atoms with Gasteiger partial charge in [-0.1, -0.05) is 6.07 Å². The van der Waals surface area contributed by atoms with Gasteiger partial charge in [-0.05, 0) is 53.0 Å². The van der Waals surface area contributed by atoms with E-state index in [2.05, 4.69) is 57.4 Å². The fourth-order valence-corrected chi connectivity index (χ4v) is 2.52. The smallest absolute Gasteiger partial charge is 0.0568 e. The Morgan fingerprint density at radius 3 is 2.81 bits per heavy atom. The molecule has 0 saturated heterocycles. The fraction of sp³-hybridized carbons (Fsp3) is 0.250. The Kier molecular flexibility index (Phi) is 3.29. The zero-order valence-corrected chi connectivity index (χ0v) is 10.9. The summed E-state index contributed by atoms with van der Waals surface area (Å²) in [6, 6.07) is 6.24. The van der Waals surface area contributed by atoms with Crippen molar-refractivity contribution in [2.24, 2.45) is 0 Å². The highest BCUT2D eigenvalue weighted by molar-refractivity contribution is 9.10. The summed E-state index contributed by atoms with van der Waals surface area (Å²) in [6.07, 6.45) is 1.76. The van der Waals surface area contributed by atoms with Gasteiger partial charge in [0.05, 0.1) is 17.9 Å². The van der Waals surface area contributed by atoms with Gasteiger partial charge in [0.15, 0.2) is 0 Å². The largest absolute Gasteiger partial charge is 0.378 e. The van der Waals surface area contributed by atoms with Crippen LogP contribution in [0.2, 0.25) is 0 Å². The second kappa shape index (κ2) is 4.70. The van der Waals surface area contributed by atoms with Crippen LogP contribution in [-0.2, 0) is 6.54 Å². The molecule has 0 radical (unpaired) electrons. The third kappa shape index (κ3) is 2.44. The fourth-order valence-electron chi connectivity index (χ4n) is 1.71. The average Bonchev–Trinajstić information content (AvgIpc) is 2.68. The van der Waals surface area contributed by atoms with Gasteiger partial charge in [-0.15, -0.1) is 0 Å². The Balaban J connectivity index is 2.15. The molecule has 0 spiro atoms. The molecule has 2 aromatic rings. The monoisotopic (exact) mass is 279 g/mol. The summed E-state index contributed by atoms with van der Waals surface area (Å²) >= 11 is 3.57. The molecule has 0 aliphatic rings. The predicted octanol–water partition coefficient (Wildman–Crippen LogP) is 3.40. The zero-order chi connectivity index (χ0) is 11.5. The summed E-state index contributed by atoms with van der Waals surface area (Å²) in [6.45, 7) is 4.95. The molecule has 0 saturated carbocycles. The van der Waals surface area contributed by atoms with Crippen LogP contribution in [0.5, 0.6) is 0 Å². The van der Waals surface area contributed by atoms with Crippen molar-refractivity contribution in [3.63, 3.8) is 0 Å². The lowest BCUT2D eigenvalue weighted by Gasteiger charge is -2.11. The number of aromatic nitrogens is 2. The summed E-state index contributed by atoms with van der Waals surface area (Å²) in [5.41, 5.74) is 4.72. The van der Waals surface area contributed by atoms with Gasteiger partial charge >= 0.3 is 0 Å². The van der Waals surface area contributed by atoms with E-state index in [1.807, 2.05) is 6.07 Å². The second-order valence-electron chi connectivity index (χ2n) is 3.87. The average molecular weight is 280 g/mol. The Morgan fingerprint density at radius 1 is 1.38 bits per heavy atom. The van der Waals surface area contributed by atoms with E-state index in [9.17, 15) is 0 Å². The van der Waals surface area contributed by atoms with Crippen LogP contribution in [0, 0.1) is 13.8 Å². The van der Waals surface area contributed by atoms with Crippen molar-refractivity contribution >= 4 is 21.6 Å². The molecule has 2 N–H and O–H groups in total. The molecule has 2 rings (SSSR count). The molecule has 0 unspecified atom stereocenters. The van der Waals surface area contributed by atoms with Crippen LogP contribution >= 0.6 is 15.9 Å².